The van der Waals surface area contributed by atoms with Crippen molar-refractivity contribution in [3.63, 3.8) is 0 Å². The van der Waals surface area contributed by atoms with E-state index in [2.05, 4.69) is 6.58 Å². The molecule has 6 heteroatoms. The van der Waals surface area contributed by atoms with E-state index in [1.165, 1.54) is 18.0 Å². The summed E-state index contributed by atoms with van der Waals surface area (Å²) in [6.45, 7) is 2.27. The van der Waals surface area contributed by atoms with Gasteiger partial charge in [0.15, 0.2) is 0 Å². The first kappa shape index (κ1) is 13.0. The van der Waals surface area contributed by atoms with Gasteiger partial charge in [0.1, 0.15) is 0 Å². The average Bonchev–Trinajstić information content (AvgIpc) is 2.02. The molecule has 3 nitrogen and oxygen atoms in total. The maximum Gasteiger partial charge on any atom is 0.401 e. The largest absolute Gasteiger partial charge is 0.401 e. The lowest BCUT2D eigenvalue weighted by Gasteiger charge is -2.15. The first-order valence-electron chi connectivity index (χ1n) is 3.99. The molecule has 0 rings (SSSR count). The minimum atomic E-state index is -4.28. The van der Waals surface area contributed by atoms with Crippen LogP contribution in [0.1, 0.15) is 0 Å². The third-order valence-corrected chi connectivity index (χ3v) is 1.43. The van der Waals surface area contributed by atoms with Crippen LogP contribution in [-0.2, 0) is 4.79 Å². The first-order valence-corrected chi connectivity index (χ1v) is 3.99. The molecular formula is C8H13F3N2O. The summed E-state index contributed by atoms with van der Waals surface area (Å²) in [4.78, 5) is 12.4. The van der Waals surface area contributed by atoms with Crippen molar-refractivity contribution in [2.45, 2.75) is 6.18 Å². The molecule has 0 aliphatic rings. The fourth-order valence-corrected chi connectivity index (χ4v) is 0.742. The van der Waals surface area contributed by atoms with E-state index < -0.39 is 18.6 Å². The molecule has 1 amide bonds. The van der Waals surface area contributed by atoms with Crippen LogP contribution in [0.15, 0.2) is 12.7 Å². The molecule has 0 aromatic heterocycles. The van der Waals surface area contributed by atoms with Crippen molar-refractivity contribution >= 4 is 5.91 Å². The maximum absolute atomic E-state index is 11.7. The van der Waals surface area contributed by atoms with Gasteiger partial charge in [-0.15, -0.1) is 6.58 Å². The van der Waals surface area contributed by atoms with Crippen LogP contribution < -0.4 is 5.32 Å². The highest BCUT2D eigenvalue weighted by atomic mass is 19.4. The van der Waals surface area contributed by atoms with Crippen molar-refractivity contribution in [1.82, 2.24) is 10.2 Å². The Bertz CT molecular complexity index is 203. The lowest BCUT2D eigenvalue weighted by atomic mass is 10.4. The predicted octanol–water partition coefficient (Wildman–Crippen LogP) is 0.783. The van der Waals surface area contributed by atoms with Gasteiger partial charge >= 0.3 is 6.18 Å². The van der Waals surface area contributed by atoms with Crippen LogP contribution in [0.3, 0.4) is 0 Å². The summed E-state index contributed by atoms with van der Waals surface area (Å²) in [6.07, 6.45) is -2.78. The third kappa shape index (κ3) is 6.47. The fourth-order valence-electron chi connectivity index (χ4n) is 0.742. The second-order valence-corrected chi connectivity index (χ2v) is 2.78. The molecular weight excluding hydrogens is 197 g/mol. The van der Waals surface area contributed by atoms with Crippen molar-refractivity contribution in [2.75, 3.05) is 26.7 Å². The van der Waals surface area contributed by atoms with Crippen molar-refractivity contribution < 1.29 is 18.0 Å². The number of alkyl halides is 3. The van der Waals surface area contributed by atoms with Gasteiger partial charge in [-0.2, -0.15) is 13.2 Å². The summed E-state index contributed by atoms with van der Waals surface area (Å²) in [5, 5.41) is 2.01. The van der Waals surface area contributed by atoms with E-state index in [1.54, 1.807) is 0 Å². The molecule has 0 atom stereocenters. The molecule has 0 bridgehead atoms. The number of nitrogens with zero attached hydrogens (tertiary/aromatic N) is 1. The van der Waals surface area contributed by atoms with E-state index >= 15 is 0 Å². The van der Waals surface area contributed by atoms with Crippen molar-refractivity contribution in [1.29, 1.82) is 0 Å². The standard InChI is InChI=1S/C8H13F3N2O/c1-3-4-13(2)7(14)5-12-6-8(9,10)11/h3,12H,1,4-6H2,2H3. The zero-order chi connectivity index (χ0) is 11.2. The van der Waals surface area contributed by atoms with Gasteiger partial charge in [0.05, 0.1) is 13.1 Å². The number of amides is 1. The average molecular weight is 210 g/mol. The topological polar surface area (TPSA) is 32.3 Å². The number of carbonyl (C=O) groups excluding carboxylic acids is 1. The van der Waals surface area contributed by atoms with E-state index in [0.717, 1.165) is 0 Å². The minimum Gasteiger partial charge on any atom is -0.341 e. The van der Waals surface area contributed by atoms with Crippen LogP contribution in [0, 0.1) is 0 Å². The highest BCUT2D eigenvalue weighted by Gasteiger charge is 2.26. The molecule has 0 aromatic rings. The van der Waals surface area contributed by atoms with Gasteiger partial charge in [-0.1, -0.05) is 6.08 Å². The van der Waals surface area contributed by atoms with E-state index in [4.69, 9.17) is 0 Å². The molecule has 0 aliphatic carbocycles. The third-order valence-electron chi connectivity index (χ3n) is 1.43. The number of hydrogen-bond acceptors (Lipinski definition) is 2. The Morgan fingerprint density at radius 2 is 2.14 bits per heavy atom. The quantitative estimate of drug-likeness (QED) is 0.680. The van der Waals surface area contributed by atoms with Crippen LogP contribution in [0.25, 0.3) is 0 Å². The lowest BCUT2D eigenvalue weighted by molar-refractivity contribution is -0.133. The molecule has 0 fully saturated rings. The smallest absolute Gasteiger partial charge is 0.341 e. The first-order chi connectivity index (χ1) is 6.37. The van der Waals surface area contributed by atoms with Crippen LogP contribution in [-0.4, -0.2) is 43.7 Å². The van der Waals surface area contributed by atoms with Gasteiger partial charge in [0.25, 0.3) is 0 Å². The summed E-state index contributed by atoms with van der Waals surface area (Å²) in [5.41, 5.74) is 0. The SMILES string of the molecule is C=CCN(C)C(=O)CNCC(F)(F)F. The second kappa shape index (κ2) is 5.64. The van der Waals surface area contributed by atoms with E-state index in [1.807, 2.05) is 5.32 Å². The van der Waals surface area contributed by atoms with Crippen molar-refractivity contribution in [3.05, 3.63) is 12.7 Å². The van der Waals surface area contributed by atoms with E-state index in [-0.39, 0.29) is 6.54 Å². The van der Waals surface area contributed by atoms with Crippen molar-refractivity contribution in [2.24, 2.45) is 0 Å². The molecule has 0 unspecified atom stereocenters. The summed E-state index contributed by atoms with van der Waals surface area (Å²) in [5.74, 6) is -0.394. The Morgan fingerprint density at radius 1 is 1.57 bits per heavy atom. The van der Waals surface area contributed by atoms with Gasteiger partial charge < -0.3 is 10.2 Å². The highest BCUT2D eigenvalue weighted by molar-refractivity contribution is 5.78. The van der Waals surface area contributed by atoms with Gasteiger partial charge in [0, 0.05) is 13.6 Å². The molecule has 0 radical (unpaired) electrons. The molecule has 1 N–H and O–H groups in total. The van der Waals surface area contributed by atoms with E-state index in [9.17, 15) is 18.0 Å². The Hall–Kier alpha value is -1.04. The Morgan fingerprint density at radius 3 is 2.57 bits per heavy atom. The van der Waals surface area contributed by atoms with Crippen LogP contribution in [0.4, 0.5) is 13.2 Å². The summed E-state index contributed by atoms with van der Waals surface area (Å²) in [6, 6.07) is 0. The minimum absolute atomic E-state index is 0.316. The number of nitrogens with one attached hydrogen (secondary N) is 1. The molecule has 14 heavy (non-hydrogen) atoms. The molecule has 0 aliphatic heterocycles. The predicted molar refractivity (Wildman–Crippen MR) is 46.8 cm³/mol. The van der Waals surface area contributed by atoms with Crippen LogP contribution in [0.5, 0.6) is 0 Å². The monoisotopic (exact) mass is 210 g/mol. The Labute approximate surface area is 80.6 Å². The van der Waals surface area contributed by atoms with Crippen molar-refractivity contribution in [3.8, 4) is 0 Å². The highest BCUT2D eigenvalue weighted by Crippen LogP contribution is 2.11. The van der Waals surface area contributed by atoms with Crippen LogP contribution in [0.2, 0.25) is 0 Å². The van der Waals surface area contributed by atoms with Gasteiger partial charge in [-0.25, -0.2) is 0 Å². The maximum atomic E-state index is 11.7. The van der Waals surface area contributed by atoms with Gasteiger partial charge in [-0.05, 0) is 0 Å². The molecule has 0 saturated carbocycles. The number of carbonyl (C=O) groups is 1. The second-order valence-electron chi connectivity index (χ2n) is 2.78. The Balaban J connectivity index is 3.69. The molecule has 0 spiro atoms. The summed E-state index contributed by atoms with van der Waals surface area (Å²) < 4.78 is 35.0. The van der Waals surface area contributed by atoms with Crippen LogP contribution >= 0.6 is 0 Å². The zero-order valence-corrected chi connectivity index (χ0v) is 7.90. The number of hydrogen-bond donors (Lipinski definition) is 1. The molecule has 82 valence electrons. The zero-order valence-electron chi connectivity index (χ0n) is 7.90. The normalized spacial score (nSPS) is 11.1. The molecule has 0 saturated heterocycles. The number of halogens is 3. The lowest BCUT2D eigenvalue weighted by Crippen LogP contribution is -2.39. The van der Waals surface area contributed by atoms with E-state index in [0.29, 0.717) is 6.54 Å². The molecule has 0 heterocycles. The number of likely N-dealkylation sites (N-methyl/N-ethyl adjacent to an activating group) is 1. The Kier molecular flexibility index (Phi) is 5.22. The molecule has 0 aromatic carbocycles. The number of rotatable bonds is 5. The summed E-state index contributed by atoms with van der Waals surface area (Å²) in [7, 11) is 1.50. The summed E-state index contributed by atoms with van der Waals surface area (Å²) >= 11 is 0. The fraction of sp³-hybridized carbons (Fsp3) is 0.625. The van der Waals surface area contributed by atoms with Gasteiger partial charge in [0.2, 0.25) is 5.91 Å². The van der Waals surface area contributed by atoms with Gasteiger partial charge in [-0.3, -0.25) is 4.79 Å².